The average molecular weight is 451 g/mol. The number of nitrogen functional groups attached to an aromatic ring is 1. The van der Waals surface area contributed by atoms with Gasteiger partial charge in [-0.05, 0) is 46.4 Å². The van der Waals surface area contributed by atoms with Crippen molar-refractivity contribution < 1.29 is 24.1 Å². The van der Waals surface area contributed by atoms with Gasteiger partial charge >= 0.3 is 6.09 Å². The number of nitrogens with one attached hydrogen (secondary N) is 2. The first kappa shape index (κ1) is 22.7. The van der Waals surface area contributed by atoms with Gasteiger partial charge in [0.2, 0.25) is 0 Å². The van der Waals surface area contributed by atoms with E-state index in [1.54, 1.807) is 0 Å². The number of anilines is 1. The van der Waals surface area contributed by atoms with Gasteiger partial charge in [-0.2, -0.15) is 0 Å². The van der Waals surface area contributed by atoms with Gasteiger partial charge in [0.15, 0.2) is 0 Å². The molecule has 2 atom stereocenters. The van der Waals surface area contributed by atoms with Crippen LogP contribution < -0.4 is 16.6 Å². The van der Waals surface area contributed by atoms with Crippen LogP contribution in [0.15, 0.2) is 66.7 Å². The molecule has 2 unspecified atom stereocenters. The summed E-state index contributed by atoms with van der Waals surface area (Å²) in [6.45, 7) is 0.270. The number of aliphatic hydroxyl groups is 2. The fraction of sp³-hybridized carbons (Fsp3) is 0.240. The van der Waals surface area contributed by atoms with E-state index in [-0.39, 0.29) is 36.7 Å². The SMILES string of the molecule is NNc1ccc(C(O)C(O)CCNC(=O)OCC2c3ccccc3-c3ccccc32)cc1F. The van der Waals surface area contributed by atoms with Gasteiger partial charge in [-0.25, -0.2) is 9.18 Å². The maximum Gasteiger partial charge on any atom is 0.407 e. The molecule has 3 aromatic rings. The molecule has 3 aromatic carbocycles. The molecular formula is C25H26FN3O4. The zero-order valence-electron chi connectivity index (χ0n) is 17.9. The normalized spacial score (nSPS) is 14.2. The molecule has 172 valence electrons. The number of halogens is 1. The topological polar surface area (TPSA) is 117 Å². The third-order valence-electron chi connectivity index (χ3n) is 5.91. The number of hydrogen-bond donors (Lipinski definition) is 5. The van der Waals surface area contributed by atoms with Gasteiger partial charge in [0.1, 0.15) is 18.5 Å². The molecule has 0 spiro atoms. The van der Waals surface area contributed by atoms with Crippen molar-refractivity contribution in [3.05, 3.63) is 89.2 Å². The highest BCUT2D eigenvalue weighted by molar-refractivity contribution is 5.79. The summed E-state index contributed by atoms with van der Waals surface area (Å²) in [6, 6.07) is 20.1. The highest BCUT2D eigenvalue weighted by Crippen LogP contribution is 2.44. The minimum absolute atomic E-state index is 0.0450. The second kappa shape index (κ2) is 9.99. The molecule has 8 heteroatoms. The third-order valence-corrected chi connectivity index (χ3v) is 5.91. The quantitative estimate of drug-likeness (QED) is 0.265. The Labute approximate surface area is 191 Å². The summed E-state index contributed by atoms with van der Waals surface area (Å²) in [6.07, 6.45) is -3.06. The number of alkyl carbamates (subject to hydrolysis) is 1. The number of benzene rings is 3. The second-order valence-corrected chi connectivity index (χ2v) is 7.94. The van der Waals surface area contributed by atoms with E-state index < -0.39 is 24.1 Å². The number of hydrogen-bond acceptors (Lipinski definition) is 6. The van der Waals surface area contributed by atoms with Crippen LogP contribution in [0.1, 0.15) is 35.1 Å². The van der Waals surface area contributed by atoms with Crippen LogP contribution in [-0.2, 0) is 4.74 Å². The second-order valence-electron chi connectivity index (χ2n) is 7.94. The van der Waals surface area contributed by atoms with Crippen molar-refractivity contribution in [3.8, 4) is 11.1 Å². The summed E-state index contributed by atoms with van der Waals surface area (Å²) in [5.41, 5.74) is 7.02. The molecular weight excluding hydrogens is 425 g/mol. The summed E-state index contributed by atoms with van der Waals surface area (Å²) in [5.74, 6) is 4.50. The van der Waals surface area contributed by atoms with Gasteiger partial charge < -0.3 is 25.7 Å². The Bertz CT molecular complexity index is 1090. The molecule has 1 aliphatic rings. The number of hydrazine groups is 1. The van der Waals surface area contributed by atoms with Crippen molar-refractivity contribution in [3.63, 3.8) is 0 Å². The van der Waals surface area contributed by atoms with Crippen LogP contribution in [0.3, 0.4) is 0 Å². The Balaban J connectivity index is 1.28. The minimum atomic E-state index is -1.31. The van der Waals surface area contributed by atoms with Crippen molar-refractivity contribution in [2.45, 2.75) is 24.5 Å². The van der Waals surface area contributed by atoms with Crippen LogP contribution in [0.25, 0.3) is 11.1 Å². The van der Waals surface area contributed by atoms with E-state index in [2.05, 4.69) is 22.9 Å². The van der Waals surface area contributed by atoms with Crippen molar-refractivity contribution >= 4 is 11.8 Å². The van der Waals surface area contributed by atoms with Crippen molar-refractivity contribution in [1.29, 1.82) is 0 Å². The number of carbonyl (C=O) groups excluding carboxylic acids is 1. The number of ether oxygens (including phenoxy) is 1. The summed E-state index contributed by atoms with van der Waals surface area (Å²) in [4.78, 5) is 12.2. The van der Waals surface area contributed by atoms with Gasteiger partial charge in [0, 0.05) is 12.5 Å². The Morgan fingerprint density at radius 3 is 2.27 bits per heavy atom. The molecule has 0 saturated carbocycles. The minimum Gasteiger partial charge on any atom is -0.449 e. The smallest absolute Gasteiger partial charge is 0.407 e. The van der Waals surface area contributed by atoms with Gasteiger partial charge in [0.25, 0.3) is 0 Å². The van der Waals surface area contributed by atoms with Crippen LogP contribution >= 0.6 is 0 Å². The van der Waals surface area contributed by atoms with E-state index in [4.69, 9.17) is 10.6 Å². The van der Waals surface area contributed by atoms with Gasteiger partial charge in [-0.1, -0.05) is 54.6 Å². The monoisotopic (exact) mass is 451 g/mol. The van der Waals surface area contributed by atoms with E-state index in [1.165, 1.54) is 12.1 Å². The molecule has 0 saturated heterocycles. The molecule has 4 rings (SSSR count). The van der Waals surface area contributed by atoms with Gasteiger partial charge in [-0.15, -0.1) is 0 Å². The number of rotatable bonds is 8. The van der Waals surface area contributed by atoms with Crippen LogP contribution in [0.4, 0.5) is 14.9 Å². The molecule has 0 aliphatic heterocycles. The molecule has 6 N–H and O–H groups in total. The Morgan fingerprint density at radius 1 is 1.03 bits per heavy atom. The highest BCUT2D eigenvalue weighted by Gasteiger charge is 2.29. The lowest BCUT2D eigenvalue weighted by Crippen LogP contribution is -2.30. The zero-order chi connectivity index (χ0) is 23.4. The predicted octanol–water partition coefficient (Wildman–Crippen LogP) is 3.43. The number of nitrogens with two attached hydrogens (primary N) is 1. The van der Waals surface area contributed by atoms with Gasteiger partial charge in [-0.3, -0.25) is 5.84 Å². The molecule has 33 heavy (non-hydrogen) atoms. The molecule has 1 aliphatic carbocycles. The molecule has 0 heterocycles. The Hall–Kier alpha value is -3.46. The fourth-order valence-electron chi connectivity index (χ4n) is 4.18. The molecule has 0 fully saturated rings. The first-order valence-electron chi connectivity index (χ1n) is 10.7. The number of amides is 1. The van der Waals surface area contributed by atoms with E-state index >= 15 is 0 Å². The Morgan fingerprint density at radius 2 is 1.67 bits per heavy atom. The molecule has 0 radical (unpaired) electrons. The summed E-state index contributed by atoms with van der Waals surface area (Å²) in [5, 5.41) is 23.1. The lowest BCUT2D eigenvalue weighted by atomic mass is 9.98. The van der Waals surface area contributed by atoms with E-state index in [0.717, 1.165) is 28.3 Å². The third kappa shape index (κ3) is 4.83. The van der Waals surface area contributed by atoms with Crippen LogP contribution in [0.5, 0.6) is 0 Å². The van der Waals surface area contributed by atoms with Crippen molar-refractivity contribution in [2.24, 2.45) is 5.84 Å². The van der Waals surface area contributed by atoms with Crippen molar-refractivity contribution in [2.75, 3.05) is 18.6 Å². The zero-order valence-corrected chi connectivity index (χ0v) is 17.9. The maximum atomic E-state index is 13.8. The van der Waals surface area contributed by atoms with Crippen LogP contribution in [0, 0.1) is 5.82 Å². The maximum absolute atomic E-state index is 13.8. The summed E-state index contributed by atoms with van der Waals surface area (Å²) >= 11 is 0. The van der Waals surface area contributed by atoms with Crippen molar-refractivity contribution in [1.82, 2.24) is 5.32 Å². The number of carbonyl (C=O) groups is 1. The lowest BCUT2D eigenvalue weighted by Gasteiger charge is -2.19. The first-order valence-corrected chi connectivity index (χ1v) is 10.7. The summed E-state index contributed by atoms with van der Waals surface area (Å²) in [7, 11) is 0. The number of aliphatic hydroxyl groups excluding tert-OH is 2. The predicted molar refractivity (Wildman–Crippen MR) is 123 cm³/mol. The average Bonchev–Trinajstić information content (AvgIpc) is 3.16. The first-order chi connectivity index (χ1) is 16.0. The largest absolute Gasteiger partial charge is 0.449 e. The molecule has 0 aromatic heterocycles. The Kier molecular flexibility index (Phi) is 6.88. The standard InChI is InChI=1S/C25H26FN3O4/c26-21-13-15(9-10-22(21)29-27)24(31)23(30)11-12-28-25(32)33-14-20-18-7-3-1-5-16(18)17-6-2-4-8-19(17)20/h1-10,13,20,23-24,29-31H,11-12,14,27H2,(H,28,32). The fourth-order valence-corrected chi connectivity index (χ4v) is 4.18. The summed E-state index contributed by atoms with van der Waals surface area (Å²) < 4.78 is 19.3. The molecule has 1 amide bonds. The van der Waals surface area contributed by atoms with E-state index in [1.807, 2.05) is 36.4 Å². The van der Waals surface area contributed by atoms with E-state index in [0.29, 0.717) is 0 Å². The van der Waals surface area contributed by atoms with Crippen LogP contribution in [-0.4, -0.2) is 35.6 Å². The molecule has 0 bridgehead atoms. The highest BCUT2D eigenvalue weighted by atomic mass is 19.1. The van der Waals surface area contributed by atoms with Crippen LogP contribution in [0.2, 0.25) is 0 Å². The lowest BCUT2D eigenvalue weighted by molar-refractivity contribution is 0.0135. The van der Waals surface area contributed by atoms with Gasteiger partial charge in [0.05, 0.1) is 11.8 Å². The number of fused-ring (bicyclic) bond motifs is 3. The van der Waals surface area contributed by atoms with E-state index in [9.17, 15) is 19.4 Å². The molecule has 7 nitrogen and oxygen atoms in total.